The Morgan fingerprint density at radius 2 is 1.69 bits per heavy atom. The van der Waals surface area contributed by atoms with Crippen LogP contribution in [0.5, 0.6) is 11.5 Å². The molecule has 0 N–H and O–H groups in total. The van der Waals surface area contributed by atoms with Gasteiger partial charge in [0.05, 0.1) is 14.2 Å². The van der Waals surface area contributed by atoms with Crippen molar-refractivity contribution in [2.24, 2.45) is 5.92 Å². The summed E-state index contributed by atoms with van der Waals surface area (Å²) in [5.41, 5.74) is 1.16. The third-order valence-electron chi connectivity index (χ3n) is 3.01. The molecule has 2 rings (SSSR count). The lowest BCUT2D eigenvalue weighted by Crippen LogP contribution is -2.19. The summed E-state index contributed by atoms with van der Waals surface area (Å²) in [7, 11) is 5.48. The largest absolute Gasteiger partial charge is 0.497 e. The zero-order valence-electron chi connectivity index (χ0n) is 10.2. The maximum Gasteiger partial charge on any atom is 0.124 e. The minimum absolute atomic E-state index is 0.844. The lowest BCUT2D eigenvalue weighted by Gasteiger charge is -2.20. The fourth-order valence-electron chi connectivity index (χ4n) is 1.81. The van der Waals surface area contributed by atoms with Crippen molar-refractivity contribution < 1.29 is 9.47 Å². The molecule has 1 aromatic rings. The quantitative estimate of drug-likeness (QED) is 0.762. The number of ether oxygens (including phenoxy) is 2. The second-order valence-corrected chi connectivity index (χ2v) is 4.39. The molecule has 0 heterocycles. The molecule has 0 atom stereocenters. The minimum atomic E-state index is 0.844. The number of hydrogen-bond donors (Lipinski definition) is 0. The third-order valence-corrected chi connectivity index (χ3v) is 3.01. The monoisotopic (exact) mass is 221 g/mol. The second kappa shape index (κ2) is 4.64. The Kier molecular flexibility index (Phi) is 3.22. The maximum atomic E-state index is 5.26. The van der Waals surface area contributed by atoms with E-state index in [0.717, 1.165) is 29.6 Å². The topological polar surface area (TPSA) is 21.7 Å². The van der Waals surface area contributed by atoms with Gasteiger partial charge < -0.3 is 14.4 Å². The van der Waals surface area contributed by atoms with E-state index >= 15 is 0 Å². The average molecular weight is 221 g/mol. The summed E-state index contributed by atoms with van der Waals surface area (Å²) in [6, 6.07) is 5.99. The SMILES string of the molecule is COc1cc(OC)cc(N(C)CC2CC2)c1. The van der Waals surface area contributed by atoms with Gasteiger partial charge >= 0.3 is 0 Å². The summed E-state index contributed by atoms with van der Waals surface area (Å²) in [6.07, 6.45) is 2.73. The predicted octanol–water partition coefficient (Wildman–Crippen LogP) is 2.55. The van der Waals surface area contributed by atoms with Crippen molar-refractivity contribution in [2.45, 2.75) is 12.8 Å². The van der Waals surface area contributed by atoms with Crippen LogP contribution in [0.2, 0.25) is 0 Å². The Balaban J connectivity index is 2.16. The van der Waals surface area contributed by atoms with E-state index in [1.165, 1.54) is 12.8 Å². The van der Waals surface area contributed by atoms with Crippen LogP contribution in [0.25, 0.3) is 0 Å². The van der Waals surface area contributed by atoms with Gasteiger partial charge in [0.1, 0.15) is 11.5 Å². The Morgan fingerprint density at radius 1 is 1.12 bits per heavy atom. The Morgan fingerprint density at radius 3 is 2.12 bits per heavy atom. The highest BCUT2D eigenvalue weighted by Gasteiger charge is 2.23. The average Bonchev–Trinajstić information content (AvgIpc) is 3.12. The summed E-state index contributed by atoms with van der Waals surface area (Å²) in [4.78, 5) is 2.27. The van der Waals surface area contributed by atoms with Crippen LogP contribution in [-0.4, -0.2) is 27.8 Å². The smallest absolute Gasteiger partial charge is 0.124 e. The van der Waals surface area contributed by atoms with E-state index < -0.39 is 0 Å². The van der Waals surface area contributed by atoms with Gasteiger partial charge in [-0.3, -0.25) is 0 Å². The molecule has 16 heavy (non-hydrogen) atoms. The van der Waals surface area contributed by atoms with E-state index in [-0.39, 0.29) is 0 Å². The van der Waals surface area contributed by atoms with E-state index in [2.05, 4.69) is 11.9 Å². The molecule has 1 fully saturated rings. The molecule has 0 radical (unpaired) electrons. The van der Waals surface area contributed by atoms with Crippen LogP contribution < -0.4 is 14.4 Å². The van der Waals surface area contributed by atoms with E-state index in [4.69, 9.17) is 9.47 Å². The molecule has 1 aliphatic carbocycles. The molecule has 0 saturated heterocycles. The number of rotatable bonds is 5. The van der Waals surface area contributed by atoms with Crippen molar-refractivity contribution in [3.63, 3.8) is 0 Å². The lowest BCUT2D eigenvalue weighted by atomic mass is 10.2. The summed E-state index contributed by atoms with van der Waals surface area (Å²) in [5.74, 6) is 2.57. The Hall–Kier alpha value is -1.38. The normalized spacial score (nSPS) is 14.7. The molecule has 1 aromatic carbocycles. The first-order valence-electron chi connectivity index (χ1n) is 5.67. The van der Waals surface area contributed by atoms with E-state index in [9.17, 15) is 0 Å². The van der Waals surface area contributed by atoms with Gasteiger partial charge in [0.25, 0.3) is 0 Å². The molecule has 0 aliphatic heterocycles. The predicted molar refractivity (Wildman–Crippen MR) is 65.5 cm³/mol. The van der Waals surface area contributed by atoms with Gasteiger partial charge in [-0.15, -0.1) is 0 Å². The zero-order chi connectivity index (χ0) is 11.5. The van der Waals surface area contributed by atoms with Crippen molar-refractivity contribution in [1.82, 2.24) is 0 Å². The molecule has 0 spiro atoms. The summed E-state index contributed by atoms with van der Waals surface area (Å²) in [5, 5.41) is 0. The summed E-state index contributed by atoms with van der Waals surface area (Å²) < 4.78 is 10.5. The third kappa shape index (κ3) is 2.60. The molecule has 3 nitrogen and oxygen atoms in total. The summed E-state index contributed by atoms with van der Waals surface area (Å²) in [6.45, 7) is 1.12. The van der Waals surface area contributed by atoms with Crippen LogP contribution >= 0.6 is 0 Å². The molecule has 0 aromatic heterocycles. The number of anilines is 1. The Labute approximate surface area is 97.0 Å². The standard InChI is InChI=1S/C13H19NO2/c1-14(9-10-4-5-10)11-6-12(15-2)8-13(7-11)16-3/h6-8,10H,4-5,9H2,1-3H3. The first-order chi connectivity index (χ1) is 7.72. The highest BCUT2D eigenvalue weighted by atomic mass is 16.5. The van der Waals surface area contributed by atoms with Crippen LogP contribution in [0.1, 0.15) is 12.8 Å². The van der Waals surface area contributed by atoms with Crippen molar-refractivity contribution in [3.8, 4) is 11.5 Å². The van der Waals surface area contributed by atoms with Crippen molar-refractivity contribution in [2.75, 3.05) is 32.7 Å². The molecule has 88 valence electrons. The molecule has 0 bridgehead atoms. The molecule has 0 amide bonds. The van der Waals surface area contributed by atoms with Gasteiger partial charge in [-0.2, -0.15) is 0 Å². The van der Waals surface area contributed by atoms with Gasteiger partial charge in [-0.05, 0) is 18.8 Å². The van der Waals surface area contributed by atoms with Crippen LogP contribution in [0, 0.1) is 5.92 Å². The van der Waals surface area contributed by atoms with Crippen LogP contribution in [0.15, 0.2) is 18.2 Å². The van der Waals surface area contributed by atoms with Crippen molar-refractivity contribution >= 4 is 5.69 Å². The number of hydrogen-bond acceptors (Lipinski definition) is 3. The molecule has 1 aliphatic rings. The van der Waals surface area contributed by atoms with Crippen LogP contribution in [-0.2, 0) is 0 Å². The van der Waals surface area contributed by atoms with Gasteiger partial charge in [0.15, 0.2) is 0 Å². The molecule has 3 heteroatoms. The van der Waals surface area contributed by atoms with Gasteiger partial charge in [-0.1, -0.05) is 0 Å². The zero-order valence-corrected chi connectivity index (χ0v) is 10.2. The van der Waals surface area contributed by atoms with Gasteiger partial charge in [-0.25, -0.2) is 0 Å². The molecule has 0 unspecified atom stereocenters. The van der Waals surface area contributed by atoms with Crippen molar-refractivity contribution in [3.05, 3.63) is 18.2 Å². The van der Waals surface area contributed by atoms with E-state index in [0.29, 0.717) is 0 Å². The highest BCUT2D eigenvalue weighted by Crippen LogP contribution is 2.33. The molecule has 1 saturated carbocycles. The maximum absolute atomic E-state index is 5.26. The van der Waals surface area contributed by atoms with Crippen LogP contribution in [0.3, 0.4) is 0 Å². The van der Waals surface area contributed by atoms with E-state index in [1.54, 1.807) is 14.2 Å². The first-order valence-corrected chi connectivity index (χ1v) is 5.67. The fraction of sp³-hybridized carbons (Fsp3) is 0.538. The number of methoxy groups -OCH3 is 2. The van der Waals surface area contributed by atoms with Gasteiger partial charge in [0.2, 0.25) is 0 Å². The van der Waals surface area contributed by atoms with Crippen LogP contribution in [0.4, 0.5) is 5.69 Å². The van der Waals surface area contributed by atoms with E-state index in [1.807, 2.05) is 18.2 Å². The molecular formula is C13H19NO2. The van der Waals surface area contributed by atoms with Crippen molar-refractivity contribution in [1.29, 1.82) is 0 Å². The Bertz CT molecular complexity index is 339. The lowest BCUT2D eigenvalue weighted by molar-refractivity contribution is 0.394. The minimum Gasteiger partial charge on any atom is -0.497 e. The first kappa shape index (κ1) is 11.1. The molecular weight excluding hydrogens is 202 g/mol. The van der Waals surface area contributed by atoms with Gasteiger partial charge in [0, 0.05) is 37.5 Å². The summed E-state index contributed by atoms with van der Waals surface area (Å²) >= 11 is 0. The number of benzene rings is 1. The highest BCUT2D eigenvalue weighted by molar-refractivity contribution is 5.55. The number of nitrogens with zero attached hydrogens (tertiary/aromatic N) is 1. The second-order valence-electron chi connectivity index (χ2n) is 4.39. The fourth-order valence-corrected chi connectivity index (χ4v) is 1.81.